The molecule has 2 aromatic carbocycles. The number of hydrogen-bond donors (Lipinski definition) is 2. The SMILES string of the molecule is Cc1ccc(-c2nnn(CC(=O)N(c3cccc(F)c3)C(C(=O)NC3CCCC3)c3ccc(O)cc3)n2)o1. The molecule has 2 amide bonds. The predicted octanol–water partition coefficient (Wildman–Crippen LogP) is 3.92. The molecule has 1 unspecified atom stereocenters. The highest BCUT2D eigenvalue weighted by Crippen LogP contribution is 2.31. The van der Waals surface area contributed by atoms with E-state index in [0.717, 1.165) is 30.5 Å². The summed E-state index contributed by atoms with van der Waals surface area (Å²) < 4.78 is 19.9. The number of rotatable bonds is 8. The molecule has 0 radical (unpaired) electrons. The van der Waals surface area contributed by atoms with Crippen LogP contribution in [0, 0.1) is 12.7 Å². The number of aromatic hydroxyl groups is 1. The van der Waals surface area contributed by atoms with Crippen LogP contribution in [0.25, 0.3) is 11.6 Å². The summed E-state index contributed by atoms with van der Waals surface area (Å²) in [7, 11) is 0. The second-order valence-corrected chi connectivity index (χ2v) is 9.28. The summed E-state index contributed by atoms with van der Waals surface area (Å²) >= 11 is 0. The van der Waals surface area contributed by atoms with Gasteiger partial charge < -0.3 is 14.8 Å². The van der Waals surface area contributed by atoms with Gasteiger partial charge in [-0.25, -0.2) is 4.39 Å². The van der Waals surface area contributed by atoms with Crippen LogP contribution in [0.5, 0.6) is 5.75 Å². The lowest BCUT2D eigenvalue weighted by Crippen LogP contribution is -2.47. The van der Waals surface area contributed by atoms with Crippen molar-refractivity contribution in [2.24, 2.45) is 0 Å². The zero-order valence-electron chi connectivity index (χ0n) is 20.7. The summed E-state index contributed by atoms with van der Waals surface area (Å²) in [6.07, 6.45) is 3.72. The zero-order valence-corrected chi connectivity index (χ0v) is 20.7. The Morgan fingerprint density at radius 2 is 1.92 bits per heavy atom. The van der Waals surface area contributed by atoms with Crippen LogP contribution in [-0.4, -0.2) is 43.2 Å². The monoisotopic (exact) mass is 518 g/mol. The van der Waals surface area contributed by atoms with E-state index in [0.29, 0.717) is 17.1 Å². The lowest BCUT2D eigenvalue weighted by atomic mass is 10.0. The van der Waals surface area contributed by atoms with Gasteiger partial charge >= 0.3 is 0 Å². The average molecular weight is 519 g/mol. The van der Waals surface area contributed by atoms with Gasteiger partial charge in [-0.2, -0.15) is 4.80 Å². The Kier molecular flexibility index (Phi) is 7.16. The fourth-order valence-corrected chi connectivity index (χ4v) is 4.65. The number of amides is 2. The number of aryl methyl sites for hydroxylation is 1. The normalized spacial score (nSPS) is 14.4. The Morgan fingerprint density at radius 1 is 1.16 bits per heavy atom. The first-order valence-electron chi connectivity index (χ1n) is 12.4. The maximum absolute atomic E-state index is 14.3. The van der Waals surface area contributed by atoms with Gasteiger partial charge in [-0.15, -0.1) is 10.2 Å². The lowest BCUT2D eigenvalue weighted by molar-refractivity contribution is -0.127. The van der Waals surface area contributed by atoms with E-state index >= 15 is 0 Å². The lowest BCUT2D eigenvalue weighted by Gasteiger charge is -2.32. The molecule has 11 heteroatoms. The number of phenols is 1. The van der Waals surface area contributed by atoms with Crippen molar-refractivity contribution >= 4 is 17.5 Å². The Morgan fingerprint density at radius 3 is 2.61 bits per heavy atom. The minimum atomic E-state index is -1.14. The highest BCUT2D eigenvalue weighted by atomic mass is 19.1. The van der Waals surface area contributed by atoms with Crippen LogP contribution in [0.2, 0.25) is 0 Å². The van der Waals surface area contributed by atoms with Crippen LogP contribution in [0.4, 0.5) is 10.1 Å². The minimum Gasteiger partial charge on any atom is -0.508 e. The predicted molar refractivity (Wildman–Crippen MR) is 135 cm³/mol. The molecule has 1 aliphatic carbocycles. The summed E-state index contributed by atoms with van der Waals surface area (Å²) in [5, 5.41) is 25.1. The summed E-state index contributed by atoms with van der Waals surface area (Å²) in [4.78, 5) is 29.9. The molecule has 5 rings (SSSR count). The molecule has 0 spiro atoms. The molecular formula is C27H27FN6O4. The fourth-order valence-electron chi connectivity index (χ4n) is 4.65. The first kappa shape index (κ1) is 25.1. The molecule has 0 bridgehead atoms. The van der Waals surface area contributed by atoms with Crippen molar-refractivity contribution < 1.29 is 23.5 Å². The molecule has 2 heterocycles. The molecule has 2 aromatic heterocycles. The number of nitrogens with one attached hydrogen (secondary N) is 1. The van der Waals surface area contributed by atoms with Crippen LogP contribution in [-0.2, 0) is 16.1 Å². The number of phenolic OH excluding ortho intramolecular Hbond substituents is 1. The maximum atomic E-state index is 14.3. The van der Waals surface area contributed by atoms with Crippen LogP contribution in [0.3, 0.4) is 0 Å². The topological polar surface area (TPSA) is 126 Å². The molecule has 10 nitrogen and oxygen atoms in total. The Bertz CT molecular complexity index is 1430. The van der Waals surface area contributed by atoms with E-state index in [1.807, 2.05) is 0 Å². The van der Waals surface area contributed by atoms with Crippen molar-refractivity contribution in [3.05, 3.63) is 77.8 Å². The van der Waals surface area contributed by atoms with Crippen molar-refractivity contribution in [2.75, 3.05) is 4.90 Å². The third kappa shape index (κ3) is 5.56. The number of anilines is 1. The van der Waals surface area contributed by atoms with Crippen molar-refractivity contribution in [1.82, 2.24) is 25.5 Å². The van der Waals surface area contributed by atoms with E-state index in [-0.39, 0.29) is 29.8 Å². The van der Waals surface area contributed by atoms with E-state index in [9.17, 15) is 19.1 Å². The third-order valence-corrected chi connectivity index (χ3v) is 6.46. The van der Waals surface area contributed by atoms with E-state index in [2.05, 4.69) is 20.7 Å². The van der Waals surface area contributed by atoms with Crippen molar-refractivity contribution in [1.29, 1.82) is 0 Å². The number of furan rings is 1. The number of carbonyl (C=O) groups excluding carboxylic acids is 2. The summed E-state index contributed by atoms with van der Waals surface area (Å²) in [6.45, 7) is 1.42. The molecule has 38 heavy (non-hydrogen) atoms. The van der Waals surface area contributed by atoms with Gasteiger partial charge in [0.1, 0.15) is 29.9 Å². The van der Waals surface area contributed by atoms with Crippen molar-refractivity contribution in [3.8, 4) is 17.3 Å². The highest BCUT2D eigenvalue weighted by Gasteiger charge is 2.35. The molecular weight excluding hydrogens is 491 g/mol. The van der Waals surface area contributed by atoms with Gasteiger partial charge in [0.05, 0.1) is 0 Å². The molecule has 0 saturated heterocycles. The van der Waals surface area contributed by atoms with E-state index in [1.165, 1.54) is 35.2 Å². The second-order valence-electron chi connectivity index (χ2n) is 9.28. The summed E-state index contributed by atoms with van der Waals surface area (Å²) in [5.74, 6) is -0.225. The minimum absolute atomic E-state index is 0.0112. The number of nitrogens with zero attached hydrogens (tertiary/aromatic N) is 5. The molecule has 1 aliphatic rings. The van der Waals surface area contributed by atoms with Gasteiger partial charge in [0.15, 0.2) is 5.76 Å². The molecule has 2 N–H and O–H groups in total. The number of halogens is 1. The van der Waals surface area contributed by atoms with Gasteiger partial charge in [0.2, 0.25) is 11.7 Å². The second kappa shape index (κ2) is 10.8. The number of benzene rings is 2. The van der Waals surface area contributed by atoms with Crippen LogP contribution in [0.1, 0.15) is 43.0 Å². The van der Waals surface area contributed by atoms with Crippen LogP contribution < -0.4 is 10.2 Å². The largest absolute Gasteiger partial charge is 0.508 e. The molecule has 1 atom stereocenters. The Balaban J connectivity index is 1.51. The standard InChI is InChI=1S/C27H27FN6O4/c1-17-9-14-23(38-17)26-30-32-33(31-26)16-24(36)34(21-8-4-5-19(28)15-21)25(18-10-12-22(35)13-11-18)27(37)29-20-6-2-3-7-20/h4-5,8-15,20,25,35H,2-3,6-7,16H2,1H3,(H,29,37). The Labute approximate surface area is 218 Å². The third-order valence-electron chi connectivity index (χ3n) is 6.46. The molecule has 1 fully saturated rings. The van der Waals surface area contributed by atoms with Crippen molar-refractivity contribution in [2.45, 2.75) is 51.2 Å². The van der Waals surface area contributed by atoms with E-state index in [1.54, 1.807) is 37.3 Å². The zero-order chi connectivity index (χ0) is 26.6. The maximum Gasteiger partial charge on any atom is 0.251 e. The van der Waals surface area contributed by atoms with E-state index < -0.39 is 23.7 Å². The van der Waals surface area contributed by atoms with Gasteiger partial charge in [-0.3, -0.25) is 14.5 Å². The quantitative estimate of drug-likeness (QED) is 0.362. The van der Waals surface area contributed by atoms with Crippen LogP contribution >= 0.6 is 0 Å². The number of aromatic nitrogens is 4. The number of carbonyl (C=O) groups is 2. The summed E-state index contributed by atoms with van der Waals surface area (Å²) in [6, 6.07) is 13.8. The Hall–Kier alpha value is -4.54. The van der Waals surface area contributed by atoms with Gasteiger partial charge in [-0.05, 0) is 73.0 Å². The molecule has 1 saturated carbocycles. The molecule has 4 aromatic rings. The van der Waals surface area contributed by atoms with Gasteiger partial charge in [-0.1, -0.05) is 31.0 Å². The number of hydrogen-bond acceptors (Lipinski definition) is 7. The van der Waals surface area contributed by atoms with Crippen LogP contribution in [0.15, 0.2) is 65.1 Å². The fraction of sp³-hybridized carbons (Fsp3) is 0.296. The van der Waals surface area contributed by atoms with Gasteiger partial charge in [0, 0.05) is 11.7 Å². The van der Waals surface area contributed by atoms with E-state index in [4.69, 9.17) is 4.42 Å². The smallest absolute Gasteiger partial charge is 0.251 e. The highest BCUT2D eigenvalue weighted by molar-refractivity contribution is 6.01. The summed E-state index contributed by atoms with van der Waals surface area (Å²) in [5.41, 5.74) is 0.644. The van der Waals surface area contributed by atoms with Crippen molar-refractivity contribution in [3.63, 3.8) is 0 Å². The van der Waals surface area contributed by atoms with Gasteiger partial charge in [0.25, 0.3) is 5.91 Å². The first-order valence-corrected chi connectivity index (χ1v) is 12.4. The molecule has 0 aliphatic heterocycles. The molecule has 196 valence electrons. The first-order chi connectivity index (χ1) is 18.4. The average Bonchev–Trinajstić information content (AvgIpc) is 3.66. The number of tetrazole rings is 1.